The van der Waals surface area contributed by atoms with E-state index in [0.717, 1.165) is 32.1 Å². The number of carboxylic acids is 1. The van der Waals surface area contributed by atoms with Crippen LogP contribution in [0.15, 0.2) is 48.5 Å². The number of hydrogen-bond acceptors (Lipinski definition) is 4. The maximum Gasteiger partial charge on any atom is 0.407 e. The number of carbonyl (C=O) groups excluding carboxylic acids is 2. The van der Waals surface area contributed by atoms with Gasteiger partial charge in [0.05, 0.1) is 6.42 Å². The van der Waals surface area contributed by atoms with Crippen molar-refractivity contribution in [3.8, 4) is 11.1 Å². The van der Waals surface area contributed by atoms with Crippen LogP contribution in [0.5, 0.6) is 0 Å². The first-order valence-corrected chi connectivity index (χ1v) is 12.6. The van der Waals surface area contributed by atoms with Crippen LogP contribution in [0.25, 0.3) is 11.1 Å². The number of ether oxygens (including phenoxy) is 1. The molecule has 7 nitrogen and oxygen atoms in total. The molecule has 2 aromatic carbocycles. The Labute approximate surface area is 205 Å². The molecule has 184 valence electrons. The third-order valence-electron chi connectivity index (χ3n) is 7.61. The van der Waals surface area contributed by atoms with Crippen LogP contribution in [0.2, 0.25) is 0 Å². The van der Waals surface area contributed by atoms with Crippen molar-refractivity contribution in [2.24, 2.45) is 11.8 Å². The van der Waals surface area contributed by atoms with Gasteiger partial charge in [-0.25, -0.2) is 4.79 Å². The Morgan fingerprint density at radius 2 is 1.60 bits per heavy atom. The van der Waals surface area contributed by atoms with E-state index in [1.807, 2.05) is 24.3 Å². The zero-order valence-electron chi connectivity index (χ0n) is 19.7. The van der Waals surface area contributed by atoms with Gasteiger partial charge in [-0.15, -0.1) is 0 Å². The lowest BCUT2D eigenvalue weighted by molar-refractivity contribution is -0.137. The van der Waals surface area contributed by atoms with Crippen molar-refractivity contribution < 1.29 is 24.2 Å². The van der Waals surface area contributed by atoms with Crippen molar-refractivity contribution >= 4 is 18.0 Å². The van der Waals surface area contributed by atoms with Gasteiger partial charge < -0.3 is 20.5 Å². The second kappa shape index (κ2) is 10.1. The molecule has 0 aliphatic heterocycles. The minimum Gasteiger partial charge on any atom is -0.481 e. The average molecular weight is 477 g/mol. The Bertz CT molecular complexity index is 1070. The molecule has 0 heterocycles. The summed E-state index contributed by atoms with van der Waals surface area (Å²) < 4.78 is 5.66. The summed E-state index contributed by atoms with van der Waals surface area (Å²) >= 11 is 0. The number of alkyl carbamates (subject to hydrolysis) is 1. The van der Waals surface area contributed by atoms with E-state index in [-0.39, 0.29) is 42.9 Å². The molecule has 2 saturated carbocycles. The van der Waals surface area contributed by atoms with Gasteiger partial charge in [0.25, 0.3) is 0 Å². The molecule has 3 N–H and O–H groups in total. The zero-order valence-corrected chi connectivity index (χ0v) is 19.7. The van der Waals surface area contributed by atoms with Crippen LogP contribution in [0.4, 0.5) is 4.79 Å². The highest BCUT2D eigenvalue weighted by Crippen LogP contribution is 2.44. The average Bonchev–Trinajstić information content (AvgIpc) is 3.52. The number of benzene rings is 2. The van der Waals surface area contributed by atoms with E-state index in [9.17, 15) is 14.4 Å². The van der Waals surface area contributed by atoms with E-state index < -0.39 is 12.1 Å². The number of carbonyl (C=O) groups is 3. The molecule has 0 spiro atoms. The van der Waals surface area contributed by atoms with Crippen LogP contribution >= 0.6 is 0 Å². The molecule has 0 aromatic heterocycles. The monoisotopic (exact) mass is 476 g/mol. The van der Waals surface area contributed by atoms with Crippen LogP contribution < -0.4 is 10.6 Å². The Morgan fingerprint density at radius 1 is 0.943 bits per heavy atom. The van der Waals surface area contributed by atoms with Crippen molar-refractivity contribution in [3.05, 3.63) is 59.7 Å². The lowest BCUT2D eigenvalue weighted by Gasteiger charge is -2.18. The quantitative estimate of drug-likeness (QED) is 0.496. The van der Waals surface area contributed by atoms with E-state index in [2.05, 4.69) is 34.9 Å². The molecule has 35 heavy (non-hydrogen) atoms. The summed E-state index contributed by atoms with van der Waals surface area (Å²) in [6, 6.07) is 16.2. The molecule has 5 rings (SSSR count). The number of aliphatic carboxylic acids is 1. The van der Waals surface area contributed by atoms with Gasteiger partial charge in [-0.1, -0.05) is 48.5 Å². The molecular weight excluding hydrogens is 444 g/mol. The number of carboxylic acid groups (broad SMARTS) is 1. The third-order valence-corrected chi connectivity index (χ3v) is 7.61. The Morgan fingerprint density at radius 3 is 2.23 bits per heavy atom. The van der Waals surface area contributed by atoms with Gasteiger partial charge >= 0.3 is 12.1 Å². The maximum atomic E-state index is 12.6. The Balaban J connectivity index is 1.09. The highest BCUT2D eigenvalue weighted by molar-refractivity contribution is 5.79. The fraction of sp³-hybridized carbons (Fsp3) is 0.464. The predicted molar refractivity (Wildman–Crippen MR) is 131 cm³/mol. The molecule has 0 saturated heterocycles. The third kappa shape index (κ3) is 5.50. The van der Waals surface area contributed by atoms with Gasteiger partial charge in [0.1, 0.15) is 6.61 Å². The molecule has 7 heteroatoms. The summed E-state index contributed by atoms with van der Waals surface area (Å²) in [4.78, 5) is 36.1. The summed E-state index contributed by atoms with van der Waals surface area (Å²) in [5, 5.41) is 15.0. The van der Waals surface area contributed by atoms with Crippen LogP contribution in [0.1, 0.15) is 62.0 Å². The van der Waals surface area contributed by atoms with Crippen molar-refractivity contribution in [1.29, 1.82) is 0 Å². The lowest BCUT2D eigenvalue weighted by Crippen LogP contribution is -2.39. The summed E-state index contributed by atoms with van der Waals surface area (Å²) in [6.07, 6.45) is 4.28. The summed E-state index contributed by atoms with van der Waals surface area (Å²) in [6.45, 7) is 0.282. The molecule has 1 unspecified atom stereocenters. The maximum absolute atomic E-state index is 12.6. The smallest absolute Gasteiger partial charge is 0.407 e. The topological polar surface area (TPSA) is 105 Å². The number of rotatable bonds is 9. The first-order chi connectivity index (χ1) is 17.0. The van der Waals surface area contributed by atoms with Gasteiger partial charge in [0, 0.05) is 24.4 Å². The highest BCUT2D eigenvalue weighted by Gasteiger charge is 2.35. The van der Waals surface area contributed by atoms with Crippen molar-refractivity contribution in [3.63, 3.8) is 0 Å². The summed E-state index contributed by atoms with van der Waals surface area (Å²) in [5.41, 5.74) is 4.75. The first kappa shape index (κ1) is 23.4. The van der Waals surface area contributed by atoms with Gasteiger partial charge in [0.15, 0.2) is 0 Å². The molecule has 3 aliphatic carbocycles. The van der Waals surface area contributed by atoms with Crippen LogP contribution in [0, 0.1) is 11.8 Å². The van der Waals surface area contributed by atoms with Gasteiger partial charge in [-0.05, 0) is 66.2 Å². The van der Waals surface area contributed by atoms with Crippen molar-refractivity contribution in [2.75, 3.05) is 6.61 Å². The fourth-order valence-electron chi connectivity index (χ4n) is 5.75. The van der Waals surface area contributed by atoms with Crippen molar-refractivity contribution in [1.82, 2.24) is 10.6 Å². The van der Waals surface area contributed by atoms with E-state index >= 15 is 0 Å². The second-order valence-electron chi connectivity index (χ2n) is 10.2. The second-order valence-corrected chi connectivity index (χ2v) is 10.2. The number of fused-ring (bicyclic) bond motifs is 3. The molecule has 0 radical (unpaired) electrons. The standard InChI is InChI=1S/C28H32N2O5/c31-26(30-25(15-27(32)33)18-10-11-18)14-17-9-12-19(13-17)29-28(34)35-16-24-22-7-3-1-5-20(22)21-6-2-4-8-23(21)24/h1-8,17-19,24-25H,9-16H2,(H,29,34)(H,30,31)(H,32,33)/t17-,19+,25?/m0/s1. The number of hydrogen-bond donors (Lipinski definition) is 3. The van der Waals surface area contributed by atoms with E-state index in [1.165, 1.54) is 22.3 Å². The molecule has 3 aliphatic rings. The predicted octanol–water partition coefficient (Wildman–Crippen LogP) is 4.45. The van der Waals surface area contributed by atoms with E-state index in [0.29, 0.717) is 12.3 Å². The van der Waals surface area contributed by atoms with Gasteiger partial charge in [-0.2, -0.15) is 0 Å². The van der Waals surface area contributed by atoms with Gasteiger partial charge in [0.2, 0.25) is 5.91 Å². The van der Waals surface area contributed by atoms with Crippen LogP contribution in [0.3, 0.4) is 0 Å². The molecular formula is C28H32N2O5. The molecule has 2 fully saturated rings. The molecule has 3 atom stereocenters. The fourth-order valence-corrected chi connectivity index (χ4v) is 5.75. The summed E-state index contributed by atoms with van der Waals surface area (Å²) in [7, 11) is 0. The minimum absolute atomic E-state index is 0.0123. The van der Waals surface area contributed by atoms with Crippen molar-refractivity contribution in [2.45, 2.75) is 62.9 Å². The minimum atomic E-state index is -0.879. The van der Waals surface area contributed by atoms with Crippen LogP contribution in [-0.4, -0.2) is 41.8 Å². The first-order valence-electron chi connectivity index (χ1n) is 12.6. The molecule has 2 aromatic rings. The zero-order chi connectivity index (χ0) is 24.4. The van der Waals surface area contributed by atoms with E-state index in [4.69, 9.17) is 9.84 Å². The van der Waals surface area contributed by atoms with Crippen LogP contribution in [-0.2, 0) is 14.3 Å². The number of amides is 2. The molecule has 2 amide bonds. The number of nitrogens with one attached hydrogen (secondary N) is 2. The largest absolute Gasteiger partial charge is 0.481 e. The SMILES string of the molecule is O=C(O)CC(NC(=O)C[C@H]1CC[C@@H](NC(=O)OCC2c3ccccc3-c3ccccc32)C1)C1CC1. The lowest BCUT2D eigenvalue weighted by atomic mass is 9.98. The van der Waals surface area contributed by atoms with E-state index in [1.54, 1.807) is 0 Å². The highest BCUT2D eigenvalue weighted by atomic mass is 16.5. The summed E-state index contributed by atoms with van der Waals surface area (Å²) in [5.74, 6) is -0.469. The normalized spacial score (nSPS) is 21.6. The van der Waals surface area contributed by atoms with Gasteiger partial charge in [-0.3, -0.25) is 9.59 Å². The molecule has 0 bridgehead atoms. The Hall–Kier alpha value is -3.35. The Kier molecular flexibility index (Phi) is 6.75.